The van der Waals surface area contributed by atoms with Gasteiger partial charge in [0.15, 0.2) is 0 Å². The number of aromatic nitrogens is 2. The van der Waals surface area contributed by atoms with Gasteiger partial charge in [0.05, 0.1) is 18.2 Å². The molecule has 1 aliphatic heterocycles. The maximum atomic E-state index is 4.41. The van der Waals surface area contributed by atoms with Crippen molar-refractivity contribution in [2.24, 2.45) is 0 Å². The van der Waals surface area contributed by atoms with E-state index >= 15 is 0 Å². The Morgan fingerprint density at radius 2 is 2.25 bits per heavy atom. The summed E-state index contributed by atoms with van der Waals surface area (Å²) in [6, 6.07) is 7.15. The number of anilines is 1. The van der Waals surface area contributed by atoms with Gasteiger partial charge in [0.2, 0.25) is 0 Å². The molecule has 0 aliphatic carbocycles. The molecule has 0 bridgehead atoms. The highest BCUT2D eigenvalue weighted by Gasteiger charge is 2.19. The van der Waals surface area contributed by atoms with Crippen molar-refractivity contribution >= 4 is 5.69 Å². The van der Waals surface area contributed by atoms with E-state index in [-0.39, 0.29) is 0 Å². The molecule has 20 heavy (non-hydrogen) atoms. The Morgan fingerprint density at radius 3 is 3.05 bits per heavy atom. The van der Waals surface area contributed by atoms with Gasteiger partial charge >= 0.3 is 0 Å². The number of hydrogen-bond donors (Lipinski definition) is 1. The fourth-order valence-corrected chi connectivity index (χ4v) is 3.23. The molecule has 1 aromatic carbocycles. The van der Waals surface area contributed by atoms with Crippen molar-refractivity contribution < 1.29 is 0 Å². The second-order valence-electron chi connectivity index (χ2n) is 5.55. The summed E-state index contributed by atoms with van der Waals surface area (Å²) in [4.78, 5) is 4.41. The zero-order chi connectivity index (χ0) is 13.9. The molecule has 3 rings (SSSR count). The van der Waals surface area contributed by atoms with Gasteiger partial charge in [-0.05, 0) is 24.8 Å². The standard InChI is InChI=1S/C17H23N3/c1-3-6-14(4-2)20-12-18-11-16(20)15-8-5-7-13-9-10-19-17(13)15/h5,7-8,11-12,14,19H,3-4,6,9-10H2,1-2H3. The minimum absolute atomic E-state index is 0.551. The third kappa shape index (κ3) is 2.21. The summed E-state index contributed by atoms with van der Waals surface area (Å²) in [5.41, 5.74) is 5.28. The molecule has 106 valence electrons. The Morgan fingerprint density at radius 1 is 1.35 bits per heavy atom. The molecule has 0 radical (unpaired) electrons. The van der Waals surface area contributed by atoms with Crippen molar-refractivity contribution in [3.63, 3.8) is 0 Å². The first kappa shape index (κ1) is 13.2. The van der Waals surface area contributed by atoms with Crippen molar-refractivity contribution in [1.29, 1.82) is 0 Å². The third-order valence-corrected chi connectivity index (χ3v) is 4.28. The minimum atomic E-state index is 0.551. The molecule has 1 unspecified atom stereocenters. The topological polar surface area (TPSA) is 29.9 Å². The summed E-state index contributed by atoms with van der Waals surface area (Å²) in [5.74, 6) is 0. The summed E-state index contributed by atoms with van der Waals surface area (Å²) in [6.45, 7) is 5.56. The van der Waals surface area contributed by atoms with Crippen molar-refractivity contribution in [2.75, 3.05) is 11.9 Å². The summed E-state index contributed by atoms with van der Waals surface area (Å²) in [7, 11) is 0. The second-order valence-corrected chi connectivity index (χ2v) is 5.55. The van der Waals surface area contributed by atoms with Crippen molar-refractivity contribution in [1.82, 2.24) is 9.55 Å². The van der Waals surface area contributed by atoms with Crippen LogP contribution in [0.5, 0.6) is 0 Å². The first-order valence-corrected chi connectivity index (χ1v) is 7.73. The van der Waals surface area contributed by atoms with Crippen LogP contribution in [0.25, 0.3) is 11.3 Å². The van der Waals surface area contributed by atoms with Crippen LogP contribution >= 0.6 is 0 Å². The molecule has 1 aromatic heterocycles. The predicted molar refractivity (Wildman–Crippen MR) is 84.1 cm³/mol. The van der Waals surface area contributed by atoms with E-state index in [0.717, 1.165) is 19.4 Å². The molecule has 1 N–H and O–H groups in total. The second kappa shape index (κ2) is 5.70. The van der Waals surface area contributed by atoms with Gasteiger partial charge in [-0.25, -0.2) is 4.98 Å². The van der Waals surface area contributed by atoms with E-state index in [4.69, 9.17) is 0 Å². The third-order valence-electron chi connectivity index (χ3n) is 4.28. The van der Waals surface area contributed by atoms with Crippen LogP contribution < -0.4 is 5.32 Å². The van der Waals surface area contributed by atoms with Gasteiger partial charge in [0.1, 0.15) is 0 Å². The maximum absolute atomic E-state index is 4.41. The van der Waals surface area contributed by atoms with Gasteiger partial charge in [-0.15, -0.1) is 0 Å². The average molecular weight is 269 g/mol. The molecular weight excluding hydrogens is 246 g/mol. The molecule has 0 fully saturated rings. The fourth-order valence-electron chi connectivity index (χ4n) is 3.23. The Kier molecular flexibility index (Phi) is 3.77. The molecule has 3 nitrogen and oxygen atoms in total. The lowest BCUT2D eigenvalue weighted by Gasteiger charge is -2.20. The molecule has 1 atom stereocenters. The monoisotopic (exact) mass is 269 g/mol. The fraction of sp³-hybridized carbons (Fsp3) is 0.471. The molecular formula is C17H23N3. The van der Waals surface area contributed by atoms with Gasteiger partial charge < -0.3 is 9.88 Å². The van der Waals surface area contributed by atoms with Crippen molar-refractivity contribution in [3.05, 3.63) is 36.3 Å². The lowest BCUT2D eigenvalue weighted by Crippen LogP contribution is -2.08. The normalized spacial score (nSPS) is 14.9. The minimum Gasteiger partial charge on any atom is -0.384 e. The van der Waals surface area contributed by atoms with Crippen LogP contribution in [-0.4, -0.2) is 16.1 Å². The van der Waals surface area contributed by atoms with Crippen LogP contribution in [0.2, 0.25) is 0 Å². The van der Waals surface area contributed by atoms with Crippen LogP contribution in [0.1, 0.15) is 44.7 Å². The summed E-state index contributed by atoms with van der Waals surface area (Å²) in [5, 5.41) is 3.53. The summed E-state index contributed by atoms with van der Waals surface area (Å²) >= 11 is 0. The van der Waals surface area contributed by atoms with Gasteiger partial charge in [0.25, 0.3) is 0 Å². The number of para-hydroxylation sites is 1. The van der Waals surface area contributed by atoms with Crippen LogP contribution in [0.15, 0.2) is 30.7 Å². The van der Waals surface area contributed by atoms with Crippen LogP contribution in [0.4, 0.5) is 5.69 Å². The Hall–Kier alpha value is -1.77. The van der Waals surface area contributed by atoms with E-state index in [9.17, 15) is 0 Å². The van der Waals surface area contributed by atoms with Crippen LogP contribution in [0, 0.1) is 0 Å². The highest BCUT2D eigenvalue weighted by atomic mass is 15.1. The molecule has 0 saturated carbocycles. The van der Waals surface area contributed by atoms with Gasteiger partial charge in [-0.1, -0.05) is 38.5 Å². The summed E-state index contributed by atoms with van der Waals surface area (Å²) in [6.07, 6.45) is 8.70. The Labute approximate surface area is 121 Å². The van der Waals surface area contributed by atoms with E-state index in [2.05, 4.69) is 46.9 Å². The molecule has 0 amide bonds. The van der Waals surface area contributed by atoms with E-state index in [1.807, 2.05) is 12.5 Å². The quantitative estimate of drug-likeness (QED) is 0.878. The summed E-state index contributed by atoms with van der Waals surface area (Å²) < 4.78 is 2.36. The van der Waals surface area contributed by atoms with E-state index < -0.39 is 0 Å². The Bertz CT molecular complexity index is 586. The lowest BCUT2D eigenvalue weighted by atomic mass is 10.0. The van der Waals surface area contributed by atoms with Crippen molar-refractivity contribution in [3.8, 4) is 11.3 Å². The van der Waals surface area contributed by atoms with E-state index in [1.54, 1.807) is 0 Å². The van der Waals surface area contributed by atoms with Crippen LogP contribution in [0.3, 0.4) is 0 Å². The average Bonchev–Trinajstić information content (AvgIpc) is 3.12. The molecule has 3 heteroatoms. The van der Waals surface area contributed by atoms with Crippen molar-refractivity contribution in [2.45, 2.75) is 45.6 Å². The number of imidazole rings is 1. The molecule has 0 spiro atoms. The highest BCUT2D eigenvalue weighted by molar-refractivity contribution is 5.79. The predicted octanol–water partition coefficient (Wildman–Crippen LogP) is 4.27. The molecule has 2 aromatic rings. The van der Waals surface area contributed by atoms with Gasteiger partial charge in [0, 0.05) is 23.8 Å². The lowest BCUT2D eigenvalue weighted by molar-refractivity contribution is 0.451. The smallest absolute Gasteiger partial charge is 0.0953 e. The maximum Gasteiger partial charge on any atom is 0.0953 e. The first-order chi connectivity index (χ1) is 9.85. The van der Waals surface area contributed by atoms with E-state index in [1.165, 1.54) is 35.3 Å². The number of nitrogens with zero attached hydrogens (tertiary/aromatic N) is 2. The number of fused-ring (bicyclic) bond motifs is 1. The van der Waals surface area contributed by atoms with Gasteiger partial charge in [-0.3, -0.25) is 0 Å². The SMILES string of the molecule is CCCC(CC)n1cncc1-c1cccc2c1NCC2. The number of benzene rings is 1. The number of rotatable bonds is 5. The number of nitrogens with one attached hydrogen (secondary N) is 1. The molecule has 1 aliphatic rings. The highest BCUT2D eigenvalue weighted by Crippen LogP contribution is 2.36. The first-order valence-electron chi connectivity index (χ1n) is 7.73. The van der Waals surface area contributed by atoms with Crippen LogP contribution in [-0.2, 0) is 6.42 Å². The number of hydrogen-bond acceptors (Lipinski definition) is 2. The largest absolute Gasteiger partial charge is 0.384 e. The molecule has 2 heterocycles. The Balaban J connectivity index is 2.04. The van der Waals surface area contributed by atoms with Gasteiger partial charge in [-0.2, -0.15) is 0 Å². The zero-order valence-electron chi connectivity index (χ0n) is 12.4. The zero-order valence-corrected chi connectivity index (χ0v) is 12.4. The van der Waals surface area contributed by atoms with E-state index in [0.29, 0.717) is 6.04 Å². The molecule has 0 saturated heterocycles.